The van der Waals surface area contributed by atoms with Gasteiger partial charge in [-0.3, -0.25) is 0 Å². The number of esters is 5. The summed E-state index contributed by atoms with van der Waals surface area (Å²) in [6, 6.07) is 20.9. The second-order valence-electron chi connectivity index (χ2n) is 13.2. The van der Waals surface area contributed by atoms with Gasteiger partial charge >= 0.3 is 35.8 Å². The highest BCUT2D eigenvalue weighted by atomic mass is 35.5. The highest BCUT2D eigenvalue weighted by Gasteiger charge is 2.11. The van der Waals surface area contributed by atoms with Crippen LogP contribution < -0.4 is 14.7 Å². The third-order valence-corrected chi connectivity index (χ3v) is 7.23. The number of hydrogen-bond acceptors (Lipinski definition) is 15. The summed E-state index contributed by atoms with van der Waals surface area (Å²) in [6.45, 7) is 14.6. The number of carboxylic acids is 1. The molecule has 0 aliphatic rings. The van der Waals surface area contributed by atoms with Crippen LogP contribution in [-0.2, 0) is 33.3 Å². The zero-order valence-corrected chi connectivity index (χ0v) is 37.7. The molecule has 62 heavy (non-hydrogen) atoms. The van der Waals surface area contributed by atoms with Crippen LogP contribution in [0.15, 0.2) is 109 Å². The number of aliphatic hydroxyl groups excluding tert-OH is 2. The third kappa shape index (κ3) is 25.9. The van der Waals surface area contributed by atoms with Crippen LogP contribution >= 0.6 is 11.6 Å². The maximum absolute atomic E-state index is 11.7. The smallest absolute Gasteiger partial charge is 0.340 e. The molecule has 340 valence electrons. The Bertz CT molecular complexity index is 1870. The summed E-state index contributed by atoms with van der Waals surface area (Å²) in [5.74, 6) is -3.30. The summed E-state index contributed by atoms with van der Waals surface area (Å²) < 4.78 is 18.9. The molecule has 0 spiro atoms. The minimum atomic E-state index is -0.889. The Morgan fingerprint density at radius 2 is 0.790 bits per heavy atom. The van der Waals surface area contributed by atoms with Gasteiger partial charge in [0.05, 0.1) is 29.9 Å². The summed E-state index contributed by atoms with van der Waals surface area (Å²) in [7, 11) is 11.5. The number of aliphatic hydroxyl groups is 2. The van der Waals surface area contributed by atoms with Crippen LogP contribution in [0.1, 0.15) is 51.8 Å². The minimum absolute atomic E-state index is 0.0210. The van der Waals surface area contributed by atoms with Gasteiger partial charge in [0, 0.05) is 81.9 Å². The van der Waals surface area contributed by atoms with Crippen LogP contribution in [0, 0.1) is 0 Å². The number of carbonyl (C=O) groups is 6. The van der Waals surface area contributed by atoms with E-state index in [4.69, 9.17) is 41.1 Å². The Kier molecular flexibility index (Phi) is 30.0. The molecule has 0 bridgehead atoms. The first-order valence-corrected chi connectivity index (χ1v) is 19.1. The largest absolute Gasteiger partial charge is 0.478 e. The average molecular weight is 886 g/mol. The molecule has 0 saturated heterocycles. The number of nitrogens with zero attached hydrogens (tertiary/aromatic N) is 3. The summed E-state index contributed by atoms with van der Waals surface area (Å²) in [4.78, 5) is 71.8. The van der Waals surface area contributed by atoms with Gasteiger partial charge in [0.2, 0.25) is 0 Å². The fourth-order valence-electron chi connectivity index (χ4n) is 3.65. The van der Waals surface area contributed by atoms with E-state index in [2.05, 4.69) is 24.5 Å². The maximum atomic E-state index is 11.7. The molecule has 0 amide bonds. The second kappa shape index (κ2) is 32.3. The van der Waals surface area contributed by atoms with Crippen molar-refractivity contribution in [1.29, 1.82) is 0 Å². The van der Waals surface area contributed by atoms with Crippen LogP contribution in [-0.4, -0.2) is 132 Å². The zero-order valence-electron chi connectivity index (χ0n) is 36.9. The predicted octanol–water partition coefficient (Wildman–Crippen LogP) is 5.81. The van der Waals surface area contributed by atoms with Crippen molar-refractivity contribution in [3.63, 3.8) is 0 Å². The van der Waals surface area contributed by atoms with Gasteiger partial charge in [-0.15, -0.1) is 11.6 Å². The highest BCUT2D eigenvalue weighted by molar-refractivity contribution is 6.17. The highest BCUT2D eigenvalue weighted by Crippen LogP contribution is 2.14. The van der Waals surface area contributed by atoms with Gasteiger partial charge in [-0.05, 0) is 93.6 Å². The van der Waals surface area contributed by atoms with E-state index in [0.717, 1.165) is 17.1 Å². The Hall–Kier alpha value is -6.49. The van der Waals surface area contributed by atoms with Crippen molar-refractivity contribution in [2.45, 2.75) is 20.8 Å². The van der Waals surface area contributed by atoms with E-state index in [0.29, 0.717) is 28.1 Å². The molecule has 3 rings (SSSR count). The first-order chi connectivity index (χ1) is 29.0. The number of halogens is 1. The maximum Gasteiger partial charge on any atom is 0.340 e. The summed E-state index contributed by atoms with van der Waals surface area (Å²) >= 11 is 4.94. The molecule has 0 heterocycles. The SMILES string of the molecule is C=C(C)C(=O)OC(=O)C(=C)C.C=C(C)C(=O)OCCOC(=O)c1ccc(N(C)C)cc1.CN(C)c1ccc(C(=O)O)cc1.CN(C)c1ccc(C(=O)OCCO)cc1.OCCCl. The quantitative estimate of drug-likeness (QED) is 0.0411. The number of alkyl halides is 1. The predicted molar refractivity (Wildman–Crippen MR) is 241 cm³/mol. The van der Waals surface area contributed by atoms with Crippen LogP contribution in [0.5, 0.6) is 0 Å². The molecule has 0 atom stereocenters. The van der Waals surface area contributed by atoms with E-state index in [1.54, 1.807) is 55.5 Å². The van der Waals surface area contributed by atoms with Crippen molar-refractivity contribution in [2.24, 2.45) is 0 Å². The number of carbonyl (C=O) groups excluding carboxylic acids is 5. The van der Waals surface area contributed by atoms with Gasteiger partial charge in [0.25, 0.3) is 0 Å². The lowest BCUT2D eigenvalue weighted by Crippen LogP contribution is -2.14. The van der Waals surface area contributed by atoms with Gasteiger partial charge in [0.1, 0.15) is 19.8 Å². The lowest BCUT2D eigenvalue weighted by Gasteiger charge is -2.12. The Morgan fingerprint density at radius 1 is 0.500 bits per heavy atom. The van der Waals surface area contributed by atoms with Crippen LogP contribution in [0.2, 0.25) is 0 Å². The van der Waals surface area contributed by atoms with Gasteiger partial charge < -0.3 is 49.0 Å². The number of ether oxygens (including phenoxy) is 4. The van der Waals surface area contributed by atoms with Gasteiger partial charge in [0.15, 0.2) is 0 Å². The van der Waals surface area contributed by atoms with Crippen LogP contribution in [0.25, 0.3) is 0 Å². The first-order valence-electron chi connectivity index (χ1n) is 18.6. The average Bonchev–Trinajstić information content (AvgIpc) is 3.24. The number of benzene rings is 3. The van der Waals surface area contributed by atoms with Crippen LogP contribution in [0.4, 0.5) is 17.1 Å². The van der Waals surface area contributed by atoms with E-state index in [-0.39, 0.29) is 44.2 Å². The molecule has 3 aromatic carbocycles. The van der Waals surface area contributed by atoms with Crippen molar-refractivity contribution < 1.29 is 63.0 Å². The molecule has 0 aromatic heterocycles. The molecule has 0 fully saturated rings. The molecule has 0 saturated carbocycles. The first kappa shape index (κ1) is 57.6. The summed E-state index contributed by atoms with van der Waals surface area (Å²) in [5.41, 5.74) is 5.00. The summed E-state index contributed by atoms with van der Waals surface area (Å²) in [5, 5.41) is 24.8. The fourth-order valence-corrected chi connectivity index (χ4v) is 3.65. The van der Waals surface area contributed by atoms with Crippen molar-refractivity contribution >= 4 is 64.5 Å². The normalized spacial score (nSPS) is 9.35. The molecule has 16 nitrogen and oxygen atoms in total. The monoisotopic (exact) mass is 885 g/mol. The van der Waals surface area contributed by atoms with Crippen LogP contribution in [0.3, 0.4) is 0 Å². The molecule has 0 radical (unpaired) electrons. The molecule has 3 N–H and O–H groups in total. The third-order valence-electron chi connectivity index (χ3n) is 7.06. The number of aromatic carboxylic acids is 1. The van der Waals surface area contributed by atoms with E-state index < -0.39 is 35.8 Å². The fraction of sp³-hybridized carbons (Fsp3) is 0.333. The molecular weight excluding hydrogens is 826 g/mol. The molecule has 0 unspecified atom stereocenters. The van der Waals surface area contributed by atoms with E-state index in [1.807, 2.05) is 81.3 Å². The standard InChI is InChI=1S/C15H19NO4.C11H15NO3.C9H11NO2.C8H10O3.C2H5ClO/c1-11(2)14(17)19-9-10-20-15(18)12-5-7-13(8-6-12)16(3)4;1-12(2)10-5-3-9(4-6-10)11(14)15-8-7-13;1-10(2)8-5-3-7(4-6-8)9(11)12;1-5(2)7(9)11-8(10)6(3)4;3-1-2-4/h5-8H,1,9-10H2,2-4H3;3-6,13H,7-8H2,1-2H3;3-6H,1-2H3,(H,11,12);1,3H2,2,4H3;4H,1-2H2. The van der Waals surface area contributed by atoms with E-state index >= 15 is 0 Å². The Labute approximate surface area is 369 Å². The van der Waals surface area contributed by atoms with E-state index in [1.165, 1.54) is 13.8 Å². The Balaban J connectivity index is 0. The zero-order chi connectivity index (χ0) is 47.9. The van der Waals surface area contributed by atoms with Crippen molar-refractivity contribution in [3.05, 3.63) is 126 Å². The minimum Gasteiger partial charge on any atom is -0.478 e. The molecule has 0 aliphatic heterocycles. The summed E-state index contributed by atoms with van der Waals surface area (Å²) in [6.07, 6.45) is 0. The number of carboxylic acid groups (broad SMARTS) is 1. The van der Waals surface area contributed by atoms with Crippen molar-refractivity contribution in [2.75, 3.05) is 95.9 Å². The number of anilines is 3. The lowest BCUT2D eigenvalue weighted by molar-refractivity contribution is -0.154. The molecule has 3 aromatic rings. The number of rotatable bonds is 15. The molecule has 0 aliphatic carbocycles. The number of hydrogen-bond donors (Lipinski definition) is 3. The molecular formula is C45H60ClN3O13. The lowest BCUT2D eigenvalue weighted by atomic mass is 10.2. The Morgan fingerprint density at radius 3 is 1.05 bits per heavy atom. The van der Waals surface area contributed by atoms with E-state index in [9.17, 15) is 28.8 Å². The molecule has 17 heteroatoms. The van der Waals surface area contributed by atoms with Crippen molar-refractivity contribution in [1.82, 2.24) is 0 Å². The van der Waals surface area contributed by atoms with Gasteiger partial charge in [-0.2, -0.15) is 0 Å². The topological polar surface area (TPSA) is 210 Å². The van der Waals surface area contributed by atoms with Crippen molar-refractivity contribution in [3.8, 4) is 0 Å². The second-order valence-corrected chi connectivity index (χ2v) is 13.6. The van der Waals surface area contributed by atoms with Gasteiger partial charge in [-0.25, -0.2) is 28.8 Å². The van der Waals surface area contributed by atoms with Gasteiger partial charge in [-0.1, -0.05) is 19.7 Å².